The van der Waals surface area contributed by atoms with Gasteiger partial charge in [0.2, 0.25) is 5.91 Å². The summed E-state index contributed by atoms with van der Waals surface area (Å²) in [5, 5.41) is 3.31. The minimum Gasteiger partial charge on any atom is -0.457 e. The van der Waals surface area contributed by atoms with E-state index in [1.54, 1.807) is 24.1 Å². The highest BCUT2D eigenvalue weighted by Crippen LogP contribution is 2.45. The van der Waals surface area contributed by atoms with Crippen molar-refractivity contribution in [2.45, 2.75) is 18.4 Å². The molecule has 2 aromatic carbocycles. The first-order valence-electron chi connectivity index (χ1n) is 8.94. The normalized spacial score (nSPS) is 20.6. The largest absolute Gasteiger partial charge is 0.457 e. The number of benzene rings is 2. The molecule has 6 nitrogen and oxygen atoms in total. The average Bonchev–Trinajstić information content (AvgIpc) is 2.98. The number of rotatable bonds is 3. The third-order valence-electron chi connectivity index (χ3n) is 5.14. The summed E-state index contributed by atoms with van der Waals surface area (Å²) in [6.07, 6.45) is 0.457. The van der Waals surface area contributed by atoms with Crippen LogP contribution in [0.2, 0.25) is 0 Å². The van der Waals surface area contributed by atoms with Gasteiger partial charge in [-0.25, -0.2) is 13.4 Å². The third-order valence-corrected chi connectivity index (χ3v) is 6.89. The molecule has 1 amide bonds. The fraction of sp³-hybridized carbons (Fsp3) is 0.350. The van der Waals surface area contributed by atoms with Gasteiger partial charge in [-0.1, -0.05) is 36.4 Å². The van der Waals surface area contributed by atoms with E-state index in [9.17, 15) is 13.2 Å². The highest BCUT2D eigenvalue weighted by atomic mass is 32.2. The summed E-state index contributed by atoms with van der Waals surface area (Å²) in [7, 11) is 0.451. The molecule has 7 heteroatoms. The SMILES string of the molecule is CN(C)N(C(=O)C1c2ccccc2Oc2ccccc21)[C@@H]1CCS(=O)(=O)C1. The Kier molecular flexibility index (Phi) is 4.44. The second kappa shape index (κ2) is 6.65. The molecule has 0 unspecified atom stereocenters. The first-order valence-corrected chi connectivity index (χ1v) is 10.8. The Morgan fingerprint density at radius 1 is 1.00 bits per heavy atom. The molecule has 2 aliphatic rings. The van der Waals surface area contributed by atoms with Crippen molar-refractivity contribution >= 4 is 15.7 Å². The molecule has 1 fully saturated rings. The molecule has 27 heavy (non-hydrogen) atoms. The van der Waals surface area contributed by atoms with Gasteiger partial charge in [0.15, 0.2) is 9.84 Å². The highest BCUT2D eigenvalue weighted by Gasteiger charge is 2.41. The van der Waals surface area contributed by atoms with Gasteiger partial charge in [-0.3, -0.25) is 9.80 Å². The van der Waals surface area contributed by atoms with Crippen LogP contribution in [0.1, 0.15) is 23.5 Å². The zero-order valence-corrected chi connectivity index (χ0v) is 16.1. The lowest BCUT2D eigenvalue weighted by molar-refractivity contribution is -0.149. The molecule has 2 aliphatic heterocycles. The molecule has 0 aliphatic carbocycles. The molecule has 0 aromatic heterocycles. The summed E-state index contributed by atoms with van der Waals surface area (Å²) in [6, 6.07) is 14.7. The number of nitrogens with zero attached hydrogens (tertiary/aromatic N) is 2. The lowest BCUT2D eigenvalue weighted by atomic mass is 9.87. The number of ether oxygens (including phenoxy) is 1. The van der Waals surface area contributed by atoms with Crippen LogP contribution in [-0.2, 0) is 14.6 Å². The van der Waals surface area contributed by atoms with Gasteiger partial charge >= 0.3 is 0 Å². The molecular formula is C20H22N2O4S. The molecule has 0 bridgehead atoms. The average molecular weight is 386 g/mol. The van der Waals surface area contributed by atoms with Crippen molar-refractivity contribution in [1.29, 1.82) is 0 Å². The number of para-hydroxylation sites is 2. The van der Waals surface area contributed by atoms with E-state index < -0.39 is 15.8 Å². The third kappa shape index (κ3) is 3.21. The maximum absolute atomic E-state index is 13.7. The van der Waals surface area contributed by atoms with Crippen molar-refractivity contribution in [2.24, 2.45) is 0 Å². The van der Waals surface area contributed by atoms with Gasteiger partial charge in [-0.15, -0.1) is 0 Å². The summed E-state index contributed by atoms with van der Waals surface area (Å²) in [5.74, 6) is 0.779. The predicted molar refractivity (Wildman–Crippen MR) is 102 cm³/mol. The van der Waals surface area contributed by atoms with Crippen LogP contribution in [0.5, 0.6) is 11.5 Å². The van der Waals surface area contributed by atoms with E-state index >= 15 is 0 Å². The number of fused-ring (bicyclic) bond motifs is 2. The van der Waals surface area contributed by atoms with Crippen LogP contribution in [0.4, 0.5) is 0 Å². The number of hydrogen-bond acceptors (Lipinski definition) is 5. The first-order chi connectivity index (χ1) is 12.9. The van der Waals surface area contributed by atoms with E-state index in [1.165, 1.54) is 0 Å². The van der Waals surface area contributed by atoms with Crippen LogP contribution >= 0.6 is 0 Å². The van der Waals surface area contributed by atoms with Gasteiger partial charge in [0.25, 0.3) is 0 Å². The maximum atomic E-state index is 13.7. The number of hydrogen-bond donors (Lipinski definition) is 0. The second-order valence-electron chi connectivity index (χ2n) is 7.20. The molecule has 0 radical (unpaired) electrons. The van der Waals surface area contributed by atoms with Crippen molar-refractivity contribution < 1.29 is 17.9 Å². The van der Waals surface area contributed by atoms with E-state index in [1.807, 2.05) is 48.5 Å². The van der Waals surface area contributed by atoms with Gasteiger partial charge in [0.05, 0.1) is 23.5 Å². The number of sulfone groups is 1. The standard InChI is InChI=1S/C20H22N2O4S/c1-21(2)22(14-11-12-27(24,25)13-14)20(23)19-15-7-3-5-9-17(15)26-18-10-6-4-8-16(18)19/h3-10,14,19H,11-13H2,1-2H3/t14-/m1/s1. The minimum atomic E-state index is -3.10. The zero-order valence-electron chi connectivity index (χ0n) is 15.3. The number of carbonyl (C=O) groups excluding carboxylic acids is 1. The fourth-order valence-corrected chi connectivity index (χ4v) is 5.67. The Balaban J connectivity index is 1.78. The molecular weight excluding hydrogens is 364 g/mol. The molecule has 142 valence electrons. The van der Waals surface area contributed by atoms with Gasteiger partial charge in [0, 0.05) is 25.2 Å². The molecule has 4 rings (SSSR count). The molecule has 1 atom stereocenters. The summed E-state index contributed by atoms with van der Waals surface area (Å²) < 4.78 is 30.0. The highest BCUT2D eigenvalue weighted by molar-refractivity contribution is 7.91. The van der Waals surface area contributed by atoms with E-state index in [2.05, 4.69) is 0 Å². The lowest BCUT2D eigenvalue weighted by Crippen LogP contribution is -2.51. The second-order valence-corrected chi connectivity index (χ2v) is 9.43. The Labute approximate surface area is 159 Å². The van der Waals surface area contributed by atoms with Crippen LogP contribution in [0, 0.1) is 0 Å². The predicted octanol–water partition coefficient (Wildman–Crippen LogP) is 2.42. The van der Waals surface area contributed by atoms with Crippen molar-refractivity contribution in [3.63, 3.8) is 0 Å². The Morgan fingerprint density at radius 2 is 1.56 bits per heavy atom. The van der Waals surface area contributed by atoms with E-state index in [-0.39, 0.29) is 23.5 Å². The summed E-state index contributed by atoms with van der Waals surface area (Å²) in [4.78, 5) is 13.7. The summed E-state index contributed by atoms with van der Waals surface area (Å²) in [5.41, 5.74) is 1.60. The smallest absolute Gasteiger partial charge is 0.249 e. The molecule has 0 N–H and O–H groups in total. The van der Waals surface area contributed by atoms with Crippen LogP contribution in [-0.4, -0.2) is 56.0 Å². The lowest BCUT2D eigenvalue weighted by Gasteiger charge is -2.38. The molecule has 2 aromatic rings. The van der Waals surface area contributed by atoms with Gasteiger partial charge in [-0.05, 0) is 18.6 Å². The van der Waals surface area contributed by atoms with Crippen molar-refractivity contribution in [3.8, 4) is 11.5 Å². The molecule has 0 spiro atoms. The first kappa shape index (κ1) is 18.0. The number of carbonyl (C=O) groups is 1. The maximum Gasteiger partial charge on any atom is 0.249 e. The van der Waals surface area contributed by atoms with E-state index in [0.717, 1.165) is 11.1 Å². The monoisotopic (exact) mass is 386 g/mol. The van der Waals surface area contributed by atoms with Crippen molar-refractivity contribution in [2.75, 3.05) is 25.6 Å². The molecule has 2 heterocycles. The van der Waals surface area contributed by atoms with Gasteiger partial charge < -0.3 is 4.74 Å². The Hall–Kier alpha value is -2.38. The summed E-state index contributed by atoms with van der Waals surface area (Å²) >= 11 is 0. The number of amides is 1. The van der Waals surface area contributed by atoms with E-state index in [0.29, 0.717) is 17.9 Å². The summed E-state index contributed by atoms with van der Waals surface area (Å²) in [6.45, 7) is 0. The number of hydrazine groups is 1. The van der Waals surface area contributed by atoms with Crippen LogP contribution < -0.4 is 4.74 Å². The molecule has 1 saturated heterocycles. The van der Waals surface area contributed by atoms with E-state index in [4.69, 9.17) is 4.74 Å². The quantitative estimate of drug-likeness (QED) is 0.758. The van der Waals surface area contributed by atoms with Crippen LogP contribution in [0.15, 0.2) is 48.5 Å². The van der Waals surface area contributed by atoms with Crippen molar-refractivity contribution in [1.82, 2.24) is 10.0 Å². The topological polar surface area (TPSA) is 66.9 Å². The fourth-order valence-electron chi connectivity index (χ4n) is 3.98. The van der Waals surface area contributed by atoms with Gasteiger partial charge in [0.1, 0.15) is 11.5 Å². The molecule has 0 saturated carbocycles. The Morgan fingerprint density at radius 3 is 2.04 bits per heavy atom. The van der Waals surface area contributed by atoms with Crippen LogP contribution in [0.25, 0.3) is 0 Å². The van der Waals surface area contributed by atoms with Gasteiger partial charge in [-0.2, -0.15) is 0 Å². The van der Waals surface area contributed by atoms with Crippen molar-refractivity contribution in [3.05, 3.63) is 59.7 Å². The minimum absolute atomic E-state index is 0.00341. The Bertz CT molecular complexity index is 941. The zero-order chi connectivity index (χ0) is 19.2. The van der Waals surface area contributed by atoms with Crippen LogP contribution in [0.3, 0.4) is 0 Å².